The van der Waals surface area contributed by atoms with Gasteiger partial charge in [-0.25, -0.2) is 25.9 Å². The highest BCUT2D eigenvalue weighted by Crippen LogP contribution is 2.31. The number of hydrogen-bond donors (Lipinski definition) is 1. The fourth-order valence-corrected chi connectivity index (χ4v) is 7.38. The van der Waals surface area contributed by atoms with Crippen LogP contribution in [-0.4, -0.2) is 23.4 Å². The first-order chi connectivity index (χ1) is 12.3. The van der Waals surface area contributed by atoms with Gasteiger partial charge in [0.15, 0.2) is 9.84 Å². The van der Waals surface area contributed by atoms with Crippen molar-refractivity contribution in [2.24, 2.45) is 0 Å². The monoisotopic (exact) mass is 431 g/mol. The molecule has 0 aliphatic heterocycles. The molecule has 2 aromatic heterocycles. The van der Waals surface area contributed by atoms with Gasteiger partial charge in [-0.1, -0.05) is 24.3 Å². The smallest absolute Gasteiger partial charge is 0.222 e. The lowest BCUT2D eigenvalue weighted by atomic mass is 10.1. The van der Waals surface area contributed by atoms with Crippen LogP contribution in [0.1, 0.15) is 10.8 Å². The highest BCUT2D eigenvalue weighted by Gasteiger charge is 2.31. The third kappa shape index (κ3) is 4.04. The molecule has 0 fully saturated rings. The number of halogens is 1. The Bertz CT molecular complexity index is 1060. The van der Waals surface area contributed by atoms with Crippen LogP contribution in [-0.2, 0) is 19.9 Å². The van der Waals surface area contributed by atoms with E-state index in [4.69, 9.17) is 0 Å². The summed E-state index contributed by atoms with van der Waals surface area (Å²) in [7, 11) is -7.67. The zero-order valence-corrected chi connectivity index (χ0v) is 16.5. The van der Waals surface area contributed by atoms with Gasteiger partial charge in [0.2, 0.25) is 10.0 Å². The van der Waals surface area contributed by atoms with Crippen molar-refractivity contribution in [2.75, 3.05) is 6.54 Å². The van der Waals surface area contributed by atoms with E-state index in [1.165, 1.54) is 24.3 Å². The van der Waals surface area contributed by atoms with Crippen LogP contribution in [0.4, 0.5) is 4.39 Å². The Kier molecular flexibility index (Phi) is 5.58. The SMILES string of the molecule is O=S(=O)(NC[C@@H](c1ccc(F)cc1)S(=O)(=O)c1cccs1)c1cccs1. The maximum atomic E-state index is 13.2. The van der Waals surface area contributed by atoms with E-state index in [1.807, 2.05) is 0 Å². The van der Waals surface area contributed by atoms with E-state index in [1.54, 1.807) is 22.9 Å². The van der Waals surface area contributed by atoms with Crippen molar-refractivity contribution in [1.29, 1.82) is 0 Å². The topological polar surface area (TPSA) is 80.3 Å². The predicted octanol–water partition coefficient (Wildman–Crippen LogP) is 3.44. The van der Waals surface area contributed by atoms with Crippen molar-refractivity contribution in [2.45, 2.75) is 13.7 Å². The minimum absolute atomic E-state index is 0.101. The Balaban J connectivity index is 1.95. The first-order valence-electron chi connectivity index (χ1n) is 7.37. The Morgan fingerprint density at radius 3 is 2.00 bits per heavy atom. The van der Waals surface area contributed by atoms with Crippen LogP contribution in [0, 0.1) is 5.82 Å². The summed E-state index contributed by atoms with van der Waals surface area (Å²) in [6, 6.07) is 11.1. The van der Waals surface area contributed by atoms with Crippen LogP contribution < -0.4 is 4.72 Å². The quantitative estimate of drug-likeness (QED) is 0.621. The minimum atomic E-state index is -3.84. The van der Waals surface area contributed by atoms with Gasteiger partial charge in [-0.15, -0.1) is 22.7 Å². The van der Waals surface area contributed by atoms with Crippen LogP contribution in [0.15, 0.2) is 67.7 Å². The molecule has 3 aromatic rings. The summed E-state index contributed by atoms with van der Waals surface area (Å²) >= 11 is 2.09. The molecule has 0 unspecified atom stereocenters. The summed E-state index contributed by atoms with van der Waals surface area (Å²) < 4.78 is 66.4. The number of rotatable bonds is 7. The van der Waals surface area contributed by atoms with Gasteiger partial charge in [0, 0.05) is 6.54 Å². The third-order valence-corrected chi connectivity index (χ3v) is 9.96. The molecule has 0 spiro atoms. The van der Waals surface area contributed by atoms with Crippen molar-refractivity contribution in [3.8, 4) is 0 Å². The molecule has 0 radical (unpaired) electrons. The average molecular weight is 432 g/mol. The molecule has 0 aliphatic carbocycles. The molecule has 0 aliphatic rings. The lowest BCUT2D eigenvalue weighted by molar-refractivity contribution is 0.570. The highest BCUT2D eigenvalue weighted by molar-refractivity contribution is 7.94. The van der Waals surface area contributed by atoms with Crippen molar-refractivity contribution >= 4 is 42.5 Å². The Hall–Kier alpha value is -1.59. The van der Waals surface area contributed by atoms with Crippen LogP contribution in [0.25, 0.3) is 0 Å². The summed E-state index contributed by atoms with van der Waals surface area (Å²) in [5.41, 5.74) is 0.314. The van der Waals surface area contributed by atoms with E-state index in [-0.39, 0.29) is 15.0 Å². The summed E-state index contributed by atoms with van der Waals surface area (Å²) in [6.45, 7) is -0.355. The zero-order chi connectivity index (χ0) is 18.8. The second kappa shape index (κ2) is 7.57. The molecule has 0 amide bonds. The molecule has 3 rings (SSSR count). The van der Waals surface area contributed by atoms with Gasteiger partial charge < -0.3 is 0 Å². The molecule has 1 aromatic carbocycles. The molecule has 1 atom stereocenters. The summed E-state index contributed by atoms with van der Waals surface area (Å²) in [6.07, 6.45) is 0. The molecule has 138 valence electrons. The van der Waals surface area contributed by atoms with Gasteiger partial charge in [0.1, 0.15) is 19.5 Å². The van der Waals surface area contributed by atoms with Crippen molar-refractivity contribution in [1.82, 2.24) is 4.72 Å². The molecule has 26 heavy (non-hydrogen) atoms. The van der Waals surface area contributed by atoms with Crippen molar-refractivity contribution in [3.05, 3.63) is 70.7 Å². The number of benzene rings is 1. The summed E-state index contributed by atoms with van der Waals surface area (Å²) in [5, 5.41) is 2.08. The first-order valence-corrected chi connectivity index (χ1v) is 12.2. The van der Waals surface area contributed by atoms with Gasteiger partial charge in [0.05, 0.1) is 0 Å². The number of sulfone groups is 1. The number of thiophene rings is 2. The number of nitrogens with one attached hydrogen (secondary N) is 1. The molecule has 10 heteroatoms. The largest absolute Gasteiger partial charge is 0.250 e. The van der Waals surface area contributed by atoms with E-state index >= 15 is 0 Å². The van der Waals surface area contributed by atoms with Crippen molar-refractivity contribution in [3.63, 3.8) is 0 Å². The lowest BCUT2D eigenvalue weighted by Crippen LogP contribution is -2.31. The van der Waals surface area contributed by atoms with Crippen LogP contribution in [0.3, 0.4) is 0 Å². The minimum Gasteiger partial charge on any atom is -0.222 e. The first kappa shape index (κ1) is 19.2. The molecule has 2 heterocycles. The standard InChI is InChI=1S/C16H14FNO4S4/c17-13-7-5-12(6-8-13)14(25(19,20)15-3-1-9-23-15)11-18-26(21,22)16-4-2-10-24-16/h1-10,14,18H,11H2/t14-/m0/s1. The van der Waals surface area contributed by atoms with Crippen LogP contribution in [0.2, 0.25) is 0 Å². The van der Waals surface area contributed by atoms with Gasteiger partial charge in [-0.3, -0.25) is 0 Å². The zero-order valence-electron chi connectivity index (χ0n) is 13.2. The predicted molar refractivity (Wildman–Crippen MR) is 100 cm³/mol. The fraction of sp³-hybridized carbons (Fsp3) is 0.125. The highest BCUT2D eigenvalue weighted by atomic mass is 32.2. The molecule has 0 saturated carbocycles. The Morgan fingerprint density at radius 2 is 1.46 bits per heavy atom. The number of hydrogen-bond acceptors (Lipinski definition) is 6. The van der Waals surface area contributed by atoms with Crippen LogP contribution >= 0.6 is 22.7 Å². The van der Waals surface area contributed by atoms with E-state index in [0.717, 1.165) is 34.8 Å². The third-order valence-electron chi connectivity index (χ3n) is 3.61. The maximum Gasteiger partial charge on any atom is 0.250 e. The number of sulfonamides is 1. The summed E-state index contributed by atoms with van der Waals surface area (Å²) in [4.78, 5) is 0. The fourth-order valence-electron chi connectivity index (χ4n) is 2.32. The van der Waals surface area contributed by atoms with E-state index in [0.29, 0.717) is 5.56 Å². The summed E-state index contributed by atoms with van der Waals surface area (Å²) in [5.74, 6) is -0.500. The molecule has 5 nitrogen and oxygen atoms in total. The molecular weight excluding hydrogens is 417 g/mol. The second-order valence-electron chi connectivity index (χ2n) is 5.30. The molecule has 0 saturated heterocycles. The molecule has 1 N–H and O–H groups in total. The van der Waals surface area contributed by atoms with Crippen molar-refractivity contribution < 1.29 is 21.2 Å². The van der Waals surface area contributed by atoms with Gasteiger partial charge in [-0.2, -0.15) is 0 Å². The van der Waals surface area contributed by atoms with Gasteiger partial charge >= 0.3 is 0 Å². The Morgan fingerprint density at radius 1 is 0.885 bits per heavy atom. The van der Waals surface area contributed by atoms with Gasteiger partial charge in [0.25, 0.3) is 0 Å². The Labute approximate surface area is 159 Å². The van der Waals surface area contributed by atoms with Gasteiger partial charge in [-0.05, 0) is 40.6 Å². The maximum absolute atomic E-state index is 13.2. The van der Waals surface area contributed by atoms with E-state index in [2.05, 4.69) is 4.72 Å². The molecule has 0 bridgehead atoms. The lowest BCUT2D eigenvalue weighted by Gasteiger charge is -2.18. The average Bonchev–Trinajstić information content (AvgIpc) is 3.30. The van der Waals surface area contributed by atoms with E-state index in [9.17, 15) is 21.2 Å². The van der Waals surface area contributed by atoms with E-state index < -0.39 is 30.9 Å². The normalized spacial score (nSPS) is 13.6. The molecular formula is C16H14FNO4S4. The second-order valence-corrected chi connectivity index (χ2v) is 11.5. The van der Waals surface area contributed by atoms with Crippen LogP contribution in [0.5, 0.6) is 0 Å².